The molecule has 1 saturated heterocycles. The van der Waals surface area contributed by atoms with E-state index in [1.807, 2.05) is 0 Å². The van der Waals surface area contributed by atoms with Crippen LogP contribution in [0.5, 0.6) is 0 Å². The first-order valence-corrected chi connectivity index (χ1v) is 4.70. The lowest BCUT2D eigenvalue weighted by Crippen LogP contribution is -2.30. The fraction of sp³-hybridized carbons (Fsp3) is 0.714. The molecule has 0 aromatic heterocycles. The third-order valence-corrected chi connectivity index (χ3v) is 3.03. The van der Waals surface area contributed by atoms with Crippen molar-refractivity contribution in [2.45, 2.75) is 24.5 Å². The monoisotopic (exact) mass is 170 g/mol. The number of amides is 1. The summed E-state index contributed by atoms with van der Waals surface area (Å²) in [5.41, 5.74) is 0. The number of hydrogen-bond donors (Lipinski definition) is 1. The van der Waals surface area contributed by atoms with Crippen molar-refractivity contribution >= 4 is 17.7 Å². The molecular formula is C7H10N2OS. The van der Waals surface area contributed by atoms with E-state index in [9.17, 15) is 4.79 Å². The van der Waals surface area contributed by atoms with Crippen LogP contribution in [0.4, 0.5) is 0 Å². The van der Waals surface area contributed by atoms with Gasteiger partial charge in [-0.05, 0) is 18.6 Å². The third-order valence-electron chi connectivity index (χ3n) is 1.65. The minimum absolute atomic E-state index is 0.0170. The molecule has 1 amide bonds. The van der Waals surface area contributed by atoms with Gasteiger partial charge in [0.25, 0.3) is 0 Å². The van der Waals surface area contributed by atoms with E-state index >= 15 is 0 Å². The van der Waals surface area contributed by atoms with Gasteiger partial charge in [0.05, 0.1) is 5.25 Å². The van der Waals surface area contributed by atoms with Crippen molar-refractivity contribution in [2.24, 2.45) is 0 Å². The number of carbonyl (C=O) groups is 1. The Morgan fingerprint density at radius 3 is 3.00 bits per heavy atom. The van der Waals surface area contributed by atoms with Crippen molar-refractivity contribution in [1.29, 1.82) is 5.26 Å². The molecule has 0 spiro atoms. The number of nitriles is 1. The number of carbonyl (C=O) groups excluding carboxylic acids is 1. The highest BCUT2D eigenvalue weighted by Gasteiger charge is 2.20. The highest BCUT2D eigenvalue weighted by Crippen LogP contribution is 2.24. The van der Waals surface area contributed by atoms with Crippen LogP contribution in [-0.4, -0.2) is 16.9 Å². The van der Waals surface area contributed by atoms with E-state index in [1.165, 1.54) is 6.42 Å². The van der Waals surface area contributed by atoms with Crippen LogP contribution in [0.15, 0.2) is 0 Å². The molecule has 60 valence electrons. The van der Waals surface area contributed by atoms with Crippen LogP contribution in [0.25, 0.3) is 0 Å². The second-order valence-corrected chi connectivity index (χ2v) is 3.77. The van der Waals surface area contributed by atoms with Gasteiger partial charge in [-0.15, -0.1) is 11.8 Å². The molecule has 1 aliphatic rings. The van der Waals surface area contributed by atoms with E-state index < -0.39 is 0 Å². The van der Waals surface area contributed by atoms with Crippen molar-refractivity contribution in [3.8, 4) is 6.19 Å². The normalized spacial score (nSPS) is 23.7. The molecule has 1 fully saturated rings. The van der Waals surface area contributed by atoms with E-state index in [0.29, 0.717) is 0 Å². The zero-order chi connectivity index (χ0) is 8.10. The fourth-order valence-electron chi connectivity index (χ4n) is 1.08. The summed E-state index contributed by atoms with van der Waals surface area (Å²) in [6.07, 6.45) is 4.87. The molecule has 0 aromatic rings. The van der Waals surface area contributed by atoms with E-state index in [1.54, 1.807) is 18.0 Å². The molecule has 1 unspecified atom stereocenters. The Morgan fingerprint density at radius 1 is 1.64 bits per heavy atom. The Morgan fingerprint density at radius 2 is 2.45 bits per heavy atom. The first-order chi connectivity index (χ1) is 5.34. The molecule has 3 nitrogen and oxygen atoms in total. The number of hydrogen-bond acceptors (Lipinski definition) is 3. The average molecular weight is 170 g/mol. The molecule has 0 aliphatic carbocycles. The molecular weight excluding hydrogens is 160 g/mol. The van der Waals surface area contributed by atoms with Crippen LogP contribution in [0, 0.1) is 11.5 Å². The van der Waals surface area contributed by atoms with Gasteiger partial charge in [0.15, 0.2) is 6.19 Å². The molecule has 0 radical (unpaired) electrons. The molecule has 0 bridgehead atoms. The predicted octanol–water partition coefficient (Wildman–Crippen LogP) is 0.869. The van der Waals surface area contributed by atoms with E-state index in [-0.39, 0.29) is 11.2 Å². The van der Waals surface area contributed by atoms with Crippen LogP contribution in [-0.2, 0) is 4.79 Å². The molecule has 1 aliphatic heterocycles. The maximum Gasteiger partial charge on any atom is 0.246 e. The van der Waals surface area contributed by atoms with Gasteiger partial charge < -0.3 is 0 Å². The van der Waals surface area contributed by atoms with Gasteiger partial charge in [-0.25, -0.2) is 0 Å². The largest absolute Gasteiger partial charge is 0.273 e. The van der Waals surface area contributed by atoms with Gasteiger partial charge in [-0.2, -0.15) is 5.26 Å². The van der Waals surface area contributed by atoms with Crippen LogP contribution >= 0.6 is 11.8 Å². The van der Waals surface area contributed by atoms with E-state index in [0.717, 1.165) is 18.6 Å². The van der Waals surface area contributed by atoms with Gasteiger partial charge in [-0.3, -0.25) is 10.1 Å². The lowest BCUT2D eigenvalue weighted by molar-refractivity contribution is -0.119. The van der Waals surface area contributed by atoms with Crippen molar-refractivity contribution in [2.75, 3.05) is 5.75 Å². The van der Waals surface area contributed by atoms with E-state index in [4.69, 9.17) is 5.26 Å². The second-order valence-electron chi connectivity index (χ2n) is 2.46. The Kier molecular flexibility index (Phi) is 3.24. The van der Waals surface area contributed by atoms with Crippen molar-refractivity contribution < 1.29 is 4.79 Å². The summed E-state index contributed by atoms with van der Waals surface area (Å²) >= 11 is 1.65. The zero-order valence-electron chi connectivity index (χ0n) is 6.17. The lowest BCUT2D eigenvalue weighted by Gasteiger charge is -2.18. The topological polar surface area (TPSA) is 52.9 Å². The number of nitrogens with one attached hydrogen (secondary N) is 1. The highest BCUT2D eigenvalue weighted by molar-refractivity contribution is 8.00. The summed E-state index contributed by atoms with van der Waals surface area (Å²) in [5, 5.41) is 10.4. The Labute approximate surface area is 70.2 Å². The summed E-state index contributed by atoms with van der Waals surface area (Å²) in [4.78, 5) is 11.0. The molecule has 11 heavy (non-hydrogen) atoms. The van der Waals surface area contributed by atoms with Crippen LogP contribution in [0.3, 0.4) is 0 Å². The molecule has 1 atom stereocenters. The maximum atomic E-state index is 11.0. The number of rotatable bonds is 1. The lowest BCUT2D eigenvalue weighted by atomic mass is 10.2. The minimum Gasteiger partial charge on any atom is -0.273 e. The van der Waals surface area contributed by atoms with Crippen molar-refractivity contribution in [3.63, 3.8) is 0 Å². The predicted molar refractivity (Wildman–Crippen MR) is 43.9 cm³/mol. The number of thioether (sulfide) groups is 1. The summed E-state index contributed by atoms with van der Waals surface area (Å²) < 4.78 is 0. The zero-order valence-corrected chi connectivity index (χ0v) is 6.99. The summed E-state index contributed by atoms with van der Waals surface area (Å²) in [7, 11) is 0. The van der Waals surface area contributed by atoms with Crippen molar-refractivity contribution in [1.82, 2.24) is 5.32 Å². The Bertz CT molecular complexity index is 181. The quantitative estimate of drug-likeness (QED) is 0.469. The average Bonchev–Trinajstić information content (AvgIpc) is 2.07. The molecule has 1 heterocycles. The smallest absolute Gasteiger partial charge is 0.246 e. The highest BCUT2D eigenvalue weighted by atomic mass is 32.2. The van der Waals surface area contributed by atoms with Gasteiger partial charge in [0.2, 0.25) is 5.91 Å². The SMILES string of the molecule is N#CNC(=O)C1CCCCS1. The summed E-state index contributed by atoms with van der Waals surface area (Å²) in [6.45, 7) is 0. The van der Waals surface area contributed by atoms with Gasteiger partial charge in [0, 0.05) is 0 Å². The fourth-order valence-corrected chi connectivity index (χ4v) is 2.28. The Hall–Kier alpha value is -0.690. The van der Waals surface area contributed by atoms with Crippen LogP contribution in [0.2, 0.25) is 0 Å². The molecule has 1 rings (SSSR count). The summed E-state index contributed by atoms with van der Waals surface area (Å²) in [5.74, 6) is 0.918. The number of nitrogens with zero attached hydrogens (tertiary/aromatic N) is 1. The molecule has 0 aromatic carbocycles. The summed E-state index contributed by atoms with van der Waals surface area (Å²) in [6, 6.07) is 0. The third kappa shape index (κ3) is 2.43. The van der Waals surface area contributed by atoms with Crippen LogP contribution in [0.1, 0.15) is 19.3 Å². The minimum atomic E-state index is -0.128. The molecule has 1 N–H and O–H groups in total. The first kappa shape index (κ1) is 8.41. The maximum absolute atomic E-state index is 11.0. The van der Waals surface area contributed by atoms with Gasteiger partial charge in [-0.1, -0.05) is 6.42 Å². The van der Waals surface area contributed by atoms with E-state index in [2.05, 4.69) is 5.32 Å². The van der Waals surface area contributed by atoms with Gasteiger partial charge >= 0.3 is 0 Å². The van der Waals surface area contributed by atoms with Crippen molar-refractivity contribution in [3.05, 3.63) is 0 Å². The standard InChI is InChI=1S/C7H10N2OS/c8-5-9-7(10)6-3-1-2-4-11-6/h6H,1-4H2,(H,9,10). The second kappa shape index (κ2) is 4.24. The molecule has 0 saturated carbocycles. The Balaban J connectivity index is 2.34. The molecule has 4 heteroatoms. The first-order valence-electron chi connectivity index (χ1n) is 3.65. The van der Waals surface area contributed by atoms with Crippen LogP contribution < -0.4 is 5.32 Å². The van der Waals surface area contributed by atoms with Gasteiger partial charge in [0.1, 0.15) is 0 Å².